The molecule has 2 aliphatic rings. The Kier molecular flexibility index (Phi) is 4.56. The predicted octanol–water partition coefficient (Wildman–Crippen LogP) is 1.16. The molecule has 0 bridgehead atoms. The van der Waals surface area contributed by atoms with Crippen molar-refractivity contribution in [1.82, 2.24) is 9.80 Å². The van der Waals surface area contributed by atoms with Gasteiger partial charge in [-0.2, -0.15) is 0 Å². The molecule has 2 heterocycles. The summed E-state index contributed by atoms with van der Waals surface area (Å²) in [5.41, 5.74) is 6.33. The van der Waals surface area contributed by atoms with Crippen LogP contribution in [0.25, 0.3) is 0 Å². The van der Waals surface area contributed by atoms with Gasteiger partial charge < -0.3 is 15.4 Å². The van der Waals surface area contributed by atoms with E-state index in [9.17, 15) is 0 Å². The van der Waals surface area contributed by atoms with E-state index in [-0.39, 0.29) is 11.0 Å². The highest BCUT2D eigenvalue weighted by Gasteiger charge is 2.37. The first-order valence-corrected chi connectivity index (χ1v) is 7.63. The van der Waals surface area contributed by atoms with Gasteiger partial charge >= 0.3 is 0 Å². The molecule has 0 aromatic rings. The number of hydrogen-bond donors (Lipinski definition) is 1. The third-order valence-corrected chi connectivity index (χ3v) is 5.17. The van der Waals surface area contributed by atoms with E-state index >= 15 is 0 Å². The average Bonchev–Trinajstić information content (AvgIpc) is 2.76. The van der Waals surface area contributed by atoms with Gasteiger partial charge in [-0.05, 0) is 32.2 Å². The van der Waals surface area contributed by atoms with E-state index in [0.717, 1.165) is 38.9 Å². The van der Waals surface area contributed by atoms with Crippen molar-refractivity contribution in [1.29, 1.82) is 0 Å². The summed E-state index contributed by atoms with van der Waals surface area (Å²) in [7, 11) is 0. The van der Waals surface area contributed by atoms with Crippen LogP contribution < -0.4 is 5.73 Å². The second kappa shape index (κ2) is 5.68. The average molecular weight is 269 g/mol. The number of hydrogen-bond acceptors (Lipinski definition) is 4. The molecule has 4 heteroatoms. The minimum absolute atomic E-state index is 0.135. The molecule has 4 nitrogen and oxygen atoms in total. The molecule has 1 atom stereocenters. The van der Waals surface area contributed by atoms with Crippen LogP contribution in [-0.2, 0) is 4.74 Å². The Morgan fingerprint density at radius 2 is 1.74 bits per heavy atom. The van der Waals surface area contributed by atoms with Gasteiger partial charge in [-0.25, -0.2) is 0 Å². The highest BCUT2D eigenvalue weighted by Crippen LogP contribution is 2.31. The van der Waals surface area contributed by atoms with Crippen molar-refractivity contribution in [2.45, 2.75) is 45.7 Å². The highest BCUT2D eigenvalue weighted by atomic mass is 16.5. The van der Waals surface area contributed by atoms with Crippen molar-refractivity contribution in [2.24, 2.45) is 11.1 Å². The molecule has 112 valence electrons. The first kappa shape index (κ1) is 15.2. The Morgan fingerprint density at radius 1 is 1.11 bits per heavy atom. The van der Waals surface area contributed by atoms with Crippen LogP contribution in [0.2, 0.25) is 0 Å². The quantitative estimate of drug-likeness (QED) is 0.831. The van der Waals surface area contributed by atoms with Gasteiger partial charge in [0.1, 0.15) is 0 Å². The van der Waals surface area contributed by atoms with Gasteiger partial charge in [-0.1, -0.05) is 13.8 Å². The lowest BCUT2D eigenvalue weighted by Crippen LogP contribution is -2.53. The van der Waals surface area contributed by atoms with Crippen LogP contribution in [0.3, 0.4) is 0 Å². The Labute approximate surface area is 118 Å². The molecule has 2 rings (SSSR count). The normalized spacial score (nSPS) is 27.9. The fourth-order valence-corrected chi connectivity index (χ4v) is 2.96. The lowest BCUT2D eigenvalue weighted by atomic mass is 9.75. The molecule has 0 aliphatic carbocycles. The van der Waals surface area contributed by atoms with Crippen molar-refractivity contribution in [2.75, 3.05) is 45.9 Å². The minimum Gasteiger partial charge on any atom is -0.379 e. The summed E-state index contributed by atoms with van der Waals surface area (Å²) in [4.78, 5) is 5.19. The van der Waals surface area contributed by atoms with E-state index in [4.69, 9.17) is 10.5 Å². The number of rotatable bonds is 4. The van der Waals surface area contributed by atoms with Crippen LogP contribution in [0.15, 0.2) is 0 Å². The maximum absolute atomic E-state index is 6.32. The Balaban J connectivity index is 1.85. The zero-order valence-corrected chi connectivity index (χ0v) is 13.1. The van der Waals surface area contributed by atoms with Crippen LogP contribution in [0.4, 0.5) is 0 Å². The van der Waals surface area contributed by atoms with Gasteiger partial charge in [0.2, 0.25) is 0 Å². The summed E-state index contributed by atoms with van der Waals surface area (Å²) < 4.78 is 5.44. The fraction of sp³-hybridized carbons (Fsp3) is 1.00. The number of nitrogens with two attached hydrogens (primary N) is 1. The van der Waals surface area contributed by atoms with Crippen LogP contribution in [-0.4, -0.2) is 67.3 Å². The first-order valence-electron chi connectivity index (χ1n) is 7.63. The molecule has 2 saturated heterocycles. The molecule has 0 saturated carbocycles. The monoisotopic (exact) mass is 269 g/mol. The summed E-state index contributed by atoms with van der Waals surface area (Å²) in [5, 5.41) is 0. The zero-order chi connectivity index (χ0) is 14.1. The molecule has 2 aliphatic heterocycles. The smallest absolute Gasteiger partial charge is 0.0594 e. The number of ether oxygens (including phenoxy) is 1. The minimum atomic E-state index is -0.135. The maximum Gasteiger partial charge on any atom is 0.0594 e. The van der Waals surface area contributed by atoms with Crippen LogP contribution in [0.5, 0.6) is 0 Å². The molecule has 0 spiro atoms. The van der Waals surface area contributed by atoms with Crippen LogP contribution in [0.1, 0.15) is 34.1 Å². The van der Waals surface area contributed by atoms with Gasteiger partial charge in [-0.15, -0.1) is 0 Å². The SMILES string of the molecule is CC(C)(N)C(C)(C)CN1CCC(N2CCOCC2)C1. The summed E-state index contributed by atoms with van der Waals surface area (Å²) in [6, 6.07) is 0.723. The van der Waals surface area contributed by atoms with E-state index in [1.54, 1.807) is 0 Å². The lowest BCUT2D eigenvalue weighted by molar-refractivity contribution is 0.0171. The second-order valence-corrected chi connectivity index (χ2v) is 7.43. The van der Waals surface area contributed by atoms with Gasteiger partial charge in [0.15, 0.2) is 0 Å². The third kappa shape index (κ3) is 3.69. The maximum atomic E-state index is 6.32. The zero-order valence-electron chi connectivity index (χ0n) is 13.1. The van der Waals surface area contributed by atoms with Gasteiger partial charge in [-0.3, -0.25) is 4.90 Å². The molecule has 0 amide bonds. The van der Waals surface area contributed by atoms with E-state index in [1.807, 2.05) is 0 Å². The largest absolute Gasteiger partial charge is 0.379 e. The standard InChI is InChI=1S/C15H31N3O/c1-14(2,15(3,4)16)12-17-6-5-13(11-17)18-7-9-19-10-8-18/h13H,5-12,16H2,1-4H3. The topological polar surface area (TPSA) is 41.7 Å². The predicted molar refractivity (Wildman–Crippen MR) is 79.3 cm³/mol. The molecule has 0 aromatic carbocycles. The van der Waals surface area contributed by atoms with Crippen molar-refractivity contribution >= 4 is 0 Å². The van der Waals surface area contributed by atoms with E-state index < -0.39 is 0 Å². The Hall–Kier alpha value is -0.160. The number of morpholine rings is 1. The van der Waals surface area contributed by atoms with Gasteiger partial charge in [0, 0.05) is 37.8 Å². The summed E-state index contributed by atoms with van der Waals surface area (Å²) in [6.07, 6.45) is 1.29. The Morgan fingerprint density at radius 3 is 2.32 bits per heavy atom. The second-order valence-electron chi connectivity index (χ2n) is 7.43. The summed E-state index contributed by atoms with van der Waals surface area (Å²) in [6.45, 7) is 16.4. The van der Waals surface area contributed by atoms with Gasteiger partial charge in [0.25, 0.3) is 0 Å². The van der Waals surface area contributed by atoms with Crippen LogP contribution in [0, 0.1) is 5.41 Å². The molecule has 2 N–H and O–H groups in total. The molecule has 0 radical (unpaired) electrons. The molecule has 2 fully saturated rings. The van der Waals surface area contributed by atoms with E-state index in [0.29, 0.717) is 0 Å². The lowest BCUT2D eigenvalue weighted by Gasteiger charge is -2.41. The number of likely N-dealkylation sites (tertiary alicyclic amines) is 1. The number of nitrogens with zero attached hydrogens (tertiary/aromatic N) is 2. The van der Waals surface area contributed by atoms with Crippen molar-refractivity contribution < 1.29 is 4.74 Å². The molecule has 1 unspecified atom stereocenters. The summed E-state index contributed by atoms with van der Waals surface area (Å²) >= 11 is 0. The Bertz CT molecular complexity index is 292. The van der Waals surface area contributed by atoms with E-state index in [2.05, 4.69) is 37.5 Å². The fourth-order valence-electron chi connectivity index (χ4n) is 2.96. The molecular weight excluding hydrogens is 238 g/mol. The molecule has 19 heavy (non-hydrogen) atoms. The molecule has 0 aromatic heterocycles. The van der Waals surface area contributed by atoms with Crippen LogP contribution >= 0.6 is 0 Å². The third-order valence-electron chi connectivity index (χ3n) is 5.17. The van der Waals surface area contributed by atoms with E-state index in [1.165, 1.54) is 19.5 Å². The summed E-state index contributed by atoms with van der Waals surface area (Å²) in [5.74, 6) is 0. The van der Waals surface area contributed by atoms with Crippen molar-refractivity contribution in [3.63, 3.8) is 0 Å². The molecular formula is C15H31N3O. The van der Waals surface area contributed by atoms with Crippen molar-refractivity contribution in [3.8, 4) is 0 Å². The first-order chi connectivity index (χ1) is 8.79. The highest BCUT2D eigenvalue weighted by molar-refractivity contribution is 4.95. The van der Waals surface area contributed by atoms with Gasteiger partial charge in [0.05, 0.1) is 13.2 Å². The van der Waals surface area contributed by atoms with Crippen molar-refractivity contribution in [3.05, 3.63) is 0 Å².